The zero-order valence-electron chi connectivity index (χ0n) is 20.8. The molecule has 1 amide bonds. The first-order valence-electron chi connectivity index (χ1n) is 12.9. The van der Waals surface area contributed by atoms with Gasteiger partial charge in [-0.1, -0.05) is 36.4 Å². The molecule has 2 aromatic heterocycles. The van der Waals surface area contributed by atoms with Crippen LogP contribution in [0.4, 0.5) is 4.39 Å². The van der Waals surface area contributed by atoms with E-state index < -0.39 is 0 Å². The monoisotopic (exact) mass is 506 g/mol. The Bertz CT molecular complexity index is 1550. The largest absolute Gasteiger partial charge is 0.457 e. The second-order valence-electron chi connectivity index (χ2n) is 9.49. The first kappa shape index (κ1) is 23.9. The van der Waals surface area contributed by atoms with E-state index in [2.05, 4.69) is 22.1 Å². The molecule has 1 unspecified atom stereocenters. The second-order valence-corrected chi connectivity index (χ2v) is 9.49. The predicted octanol–water partition coefficient (Wildman–Crippen LogP) is 6.85. The maximum atomic E-state index is 13.5. The van der Waals surface area contributed by atoms with Crippen LogP contribution in [-0.4, -0.2) is 32.3 Å². The number of rotatable bonds is 7. The van der Waals surface area contributed by atoms with Gasteiger partial charge in [-0.15, -0.1) is 0 Å². The number of pyridine rings is 1. The minimum atomic E-state index is -0.327. The van der Waals surface area contributed by atoms with Crippen LogP contribution in [0.3, 0.4) is 0 Å². The molecule has 1 atom stereocenters. The van der Waals surface area contributed by atoms with Crippen molar-refractivity contribution in [3.05, 3.63) is 108 Å². The Kier molecular flexibility index (Phi) is 6.56. The third-order valence-electron chi connectivity index (χ3n) is 6.96. The van der Waals surface area contributed by atoms with Gasteiger partial charge < -0.3 is 14.6 Å². The molecule has 1 N–H and O–H groups in total. The Balaban J connectivity index is 1.35. The van der Waals surface area contributed by atoms with Gasteiger partial charge in [0.05, 0.1) is 17.1 Å². The normalized spacial score (nSPS) is 15.2. The van der Waals surface area contributed by atoms with Gasteiger partial charge >= 0.3 is 0 Å². The summed E-state index contributed by atoms with van der Waals surface area (Å²) in [7, 11) is 0. The molecule has 5 aromatic rings. The van der Waals surface area contributed by atoms with E-state index in [4.69, 9.17) is 9.72 Å². The molecule has 0 spiro atoms. The summed E-state index contributed by atoms with van der Waals surface area (Å²) in [4.78, 5) is 27.9. The van der Waals surface area contributed by atoms with Crippen LogP contribution < -0.4 is 4.74 Å². The molecule has 190 valence electrons. The number of nitrogens with one attached hydrogen (secondary N) is 1. The van der Waals surface area contributed by atoms with Crippen molar-refractivity contribution in [3.8, 4) is 23.0 Å². The first-order valence-corrected chi connectivity index (χ1v) is 12.9. The topological polar surface area (TPSA) is 71.1 Å². The zero-order chi connectivity index (χ0) is 25.9. The van der Waals surface area contributed by atoms with Crippen molar-refractivity contribution < 1.29 is 13.9 Å². The zero-order valence-corrected chi connectivity index (χ0v) is 20.8. The van der Waals surface area contributed by atoms with Crippen LogP contribution in [0.25, 0.3) is 22.6 Å². The number of nitrogens with zero attached hydrogens (tertiary/aromatic N) is 3. The second kappa shape index (κ2) is 10.5. The van der Waals surface area contributed by atoms with Crippen molar-refractivity contribution in [3.63, 3.8) is 0 Å². The molecule has 38 heavy (non-hydrogen) atoms. The first-order chi connectivity index (χ1) is 18.6. The Hall–Kier alpha value is -4.52. The Morgan fingerprint density at radius 2 is 1.84 bits per heavy atom. The lowest BCUT2D eigenvalue weighted by atomic mass is 10.0. The fraction of sp³-hybridized carbons (Fsp3) is 0.194. The van der Waals surface area contributed by atoms with Gasteiger partial charge in [-0.2, -0.15) is 0 Å². The number of hydrogen-bond donors (Lipinski definition) is 1. The number of amides is 1. The summed E-state index contributed by atoms with van der Waals surface area (Å²) in [6.07, 6.45) is 4.63. The van der Waals surface area contributed by atoms with Crippen LogP contribution in [0.15, 0.2) is 91.1 Å². The fourth-order valence-corrected chi connectivity index (χ4v) is 5.09. The summed E-state index contributed by atoms with van der Waals surface area (Å²) in [5, 5.41) is 0. The van der Waals surface area contributed by atoms with E-state index in [0.717, 1.165) is 40.7 Å². The minimum Gasteiger partial charge on any atom is -0.457 e. The molecule has 0 bridgehead atoms. The highest BCUT2D eigenvalue weighted by Gasteiger charge is 2.32. The number of aromatic amines is 1. The van der Waals surface area contributed by atoms with Gasteiger partial charge in [-0.05, 0) is 67.3 Å². The molecule has 3 heterocycles. The number of aryl methyl sites for hydroxylation is 1. The number of likely N-dealkylation sites (tertiary alicyclic amines) is 1. The smallest absolute Gasteiger partial charge is 0.223 e. The summed E-state index contributed by atoms with van der Waals surface area (Å²) in [5.74, 6) is 1.59. The third-order valence-corrected chi connectivity index (χ3v) is 6.96. The molecule has 0 aliphatic carbocycles. The third kappa shape index (κ3) is 5.00. The van der Waals surface area contributed by atoms with Crippen LogP contribution in [0.5, 0.6) is 11.5 Å². The van der Waals surface area contributed by atoms with E-state index in [9.17, 15) is 9.18 Å². The summed E-state index contributed by atoms with van der Waals surface area (Å²) in [6.45, 7) is 0.703. The molecule has 0 radical (unpaired) electrons. The minimum absolute atomic E-state index is 0.125. The van der Waals surface area contributed by atoms with Gasteiger partial charge in [0.1, 0.15) is 23.0 Å². The van der Waals surface area contributed by atoms with E-state index in [-0.39, 0.29) is 17.8 Å². The summed E-state index contributed by atoms with van der Waals surface area (Å²) in [6, 6.07) is 25.5. The number of hydrogen-bond acceptors (Lipinski definition) is 4. The van der Waals surface area contributed by atoms with Crippen LogP contribution in [-0.2, 0) is 11.2 Å². The van der Waals surface area contributed by atoms with Crippen molar-refractivity contribution in [1.82, 2.24) is 19.9 Å². The molecule has 1 aliphatic rings. The molecular weight excluding hydrogens is 479 g/mol. The average molecular weight is 507 g/mol. The van der Waals surface area contributed by atoms with Gasteiger partial charge in [-0.3, -0.25) is 9.78 Å². The van der Waals surface area contributed by atoms with Crippen LogP contribution >= 0.6 is 0 Å². The Morgan fingerprint density at radius 1 is 1.03 bits per heavy atom. The Morgan fingerprint density at radius 3 is 2.63 bits per heavy atom. The van der Waals surface area contributed by atoms with Crippen LogP contribution in [0, 0.1) is 5.82 Å². The number of halogens is 1. The van der Waals surface area contributed by atoms with Crippen LogP contribution in [0.1, 0.15) is 36.4 Å². The van der Waals surface area contributed by atoms with Gasteiger partial charge in [0.15, 0.2) is 5.82 Å². The molecule has 1 fully saturated rings. The van der Waals surface area contributed by atoms with Gasteiger partial charge in [-0.25, -0.2) is 9.37 Å². The van der Waals surface area contributed by atoms with Crippen molar-refractivity contribution in [2.45, 2.75) is 31.7 Å². The molecular formula is C31H27FN4O2. The number of carbonyl (C=O) groups excluding carboxylic acids is 1. The average Bonchev–Trinajstić information content (AvgIpc) is 3.61. The summed E-state index contributed by atoms with van der Waals surface area (Å²) >= 11 is 0. The molecule has 1 aliphatic heterocycles. The van der Waals surface area contributed by atoms with E-state index in [1.54, 1.807) is 18.3 Å². The van der Waals surface area contributed by atoms with E-state index in [0.29, 0.717) is 36.7 Å². The fourth-order valence-electron chi connectivity index (χ4n) is 5.09. The maximum Gasteiger partial charge on any atom is 0.223 e. The molecule has 0 saturated carbocycles. The number of H-pyrrole nitrogens is 1. The SMILES string of the molecule is O=C(CCc1ccccc1)N1CCCC1c1cc2[nH]c(-c3ccccn3)nc2cc1Oc1ccc(F)cc1. The van der Waals surface area contributed by atoms with Crippen molar-refractivity contribution in [2.75, 3.05) is 6.54 Å². The van der Waals surface area contributed by atoms with Gasteiger partial charge in [0.2, 0.25) is 5.91 Å². The molecule has 3 aromatic carbocycles. The van der Waals surface area contributed by atoms with E-state index in [1.165, 1.54) is 12.1 Å². The highest BCUT2D eigenvalue weighted by atomic mass is 19.1. The molecule has 1 saturated heterocycles. The predicted molar refractivity (Wildman–Crippen MR) is 144 cm³/mol. The number of benzene rings is 3. The molecule has 6 nitrogen and oxygen atoms in total. The molecule has 7 heteroatoms. The lowest BCUT2D eigenvalue weighted by Gasteiger charge is -2.27. The summed E-state index contributed by atoms with van der Waals surface area (Å²) in [5.41, 5.74) is 4.37. The van der Waals surface area contributed by atoms with E-state index in [1.807, 2.05) is 53.4 Å². The van der Waals surface area contributed by atoms with Crippen LogP contribution in [0.2, 0.25) is 0 Å². The standard InChI is InChI=1S/C31H27FN4O2/c32-22-12-14-23(15-13-22)38-29-20-27-26(34-31(35-27)25-9-4-5-17-33-25)19-24(29)28-10-6-18-36(28)30(37)16-11-21-7-2-1-3-8-21/h1-5,7-9,12-15,17,19-20,28H,6,10-11,16,18H2,(H,34,35). The Labute approximate surface area is 220 Å². The number of carbonyl (C=O) groups is 1. The number of ether oxygens (including phenoxy) is 1. The van der Waals surface area contributed by atoms with Crippen molar-refractivity contribution in [1.29, 1.82) is 0 Å². The number of fused-ring (bicyclic) bond motifs is 1. The summed E-state index contributed by atoms with van der Waals surface area (Å²) < 4.78 is 19.8. The number of imidazole rings is 1. The lowest BCUT2D eigenvalue weighted by molar-refractivity contribution is -0.132. The highest BCUT2D eigenvalue weighted by Crippen LogP contribution is 2.41. The highest BCUT2D eigenvalue weighted by molar-refractivity contribution is 5.83. The quantitative estimate of drug-likeness (QED) is 0.262. The van der Waals surface area contributed by atoms with Crippen molar-refractivity contribution >= 4 is 16.9 Å². The van der Waals surface area contributed by atoms with E-state index >= 15 is 0 Å². The van der Waals surface area contributed by atoms with Gasteiger partial charge in [0.25, 0.3) is 0 Å². The maximum absolute atomic E-state index is 13.5. The number of aromatic nitrogens is 3. The molecule has 6 rings (SSSR count). The van der Waals surface area contributed by atoms with Gasteiger partial charge in [0, 0.05) is 30.8 Å². The van der Waals surface area contributed by atoms with Crippen molar-refractivity contribution in [2.24, 2.45) is 0 Å². The lowest BCUT2D eigenvalue weighted by Crippen LogP contribution is -2.30.